The minimum atomic E-state index is 0.497. The molecule has 2 heterocycles. The monoisotopic (exact) mass is 434 g/mol. The predicted octanol–water partition coefficient (Wildman–Crippen LogP) is 4.23. The van der Waals surface area contributed by atoms with Gasteiger partial charge in [-0.3, -0.25) is 4.90 Å². The van der Waals surface area contributed by atoms with Gasteiger partial charge in [-0.25, -0.2) is 4.99 Å². The van der Waals surface area contributed by atoms with Gasteiger partial charge in [0.15, 0.2) is 5.96 Å². The van der Waals surface area contributed by atoms with Crippen LogP contribution in [0.15, 0.2) is 50.6 Å². The smallest absolute Gasteiger partial charge is 0.191 e. The molecule has 2 aromatic rings. The number of halogens is 1. The Balaban J connectivity index is 1.46. The Hall–Kier alpha value is -1.37. The van der Waals surface area contributed by atoms with Crippen molar-refractivity contribution < 1.29 is 0 Å². The van der Waals surface area contributed by atoms with E-state index in [0.717, 1.165) is 56.0 Å². The van der Waals surface area contributed by atoms with Crippen LogP contribution in [0.4, 0.5) is 0 Å². The molecule has 0 atom stereocenters. The molecule has 2 N–H and O–H groups in total. The normalized spacial score (nSPS) is 16.6. The number of hydrogen-bond acceptors (Lipinski definition) is 3. The van der Waals surface area contributed by atoms with Crippen molar-refractivity contribution in [2.45, 2.75) is 38.9 Å². The van der Waals surface area contributed by atoms with Crippen molar-refractivity contribution in [3.8, 4) is 0 Å². The Kier molecular flexibility index (Phi) is 7.53. The quantitative estimate of drug-likeness (QED) is 0.527. The molecule has 1 saturated heterocycles. The van der Waals surface area contributed by atoms with E-state index in [0.29, 0.717) is 6.04 Å². The summed E-state index contributed by atoms with van der Waals surface area (Å²) in [4.78, 5) is 7.27. The molecule has 140 valence electrons. The van der Waals surface area contributed by atoms with Crippen LogP contribution in [0, 0.1) is 0 Å². The molecule has 0 amide bonds. The maximum Gasteiger partial charge on any atom is 0.191 e. The molecule has 1 aromatic carbocycles. The average molecular weight is 435 g/mol. The fraction of sp³-hybridized carbons (Fsp3) is 0.450. The van der Waals surface area contributed by atoms with Crippen molar-refractivity contribution in [3.63, 3.8) is 0 Å². The molecular weight excluding hydrogens is 408 g/mol. The number of thiophene rings is 1. The van der Waals surface area contributed by atoms with Gasteiger partial charge in [0.1, 0.15) is 0 Å². The first-order valence-electron chi connectivity index (χ1n) is 9.25. The fourth-order valence-corrected chi connectivity index (χ4v) is 4.07. The first-order chi connectivity index (χ1) is 12.7. The molecule has 0 aliphatic carbocycles. The second-order valence-electron chi connectivity index (χ2n) is 6.65. The van der Waals surface area contributed by atoms with Gasteiger partial charge in [0, 0.05) is 36.7 Å². The Bertz CT molecular complexity index is 676. The van der Waals surface area contributed by atoms with Crippen molar-refractivity contribution in [1.29, 1.82) is 0 Å². The number of nitrogens with one attached hydrogen (secondary N) is 2. The Morgan fingerprint density at radius 3 is 2.62 bits per heavy atom. The first kappa shape index (κ1) is 19.4. The summed E-state index contributed by atoms with van der Waals surface area (Å²) in [6, 6.07) is 11.3. The van der Waals surface area contributed by atoms with Gasteiger partial charge in [-0.2, -0.15) is 11.3 Å². The van der Waals surface area contributed by atoms with Crippen molar-refractivity contribution in [2.75, 3.05) is 19.6 Å². The number of rotatable bonds is 6. The van der Waals surface area contributed by atoms with E-state index in [-0.39, 0.29) is 0 Å². The molecule has 0 bridgehead atoms. The van der Waals surface area contributed by atoms with Gasteiger partial charge in [0.25, 0.3) is 0 Å². The maximum absolute atomic E-state index is 4.73. The Morgan fingerprint density at radius 1 is 1.19 bits per heavy atom. The summed E-state index contributed by atoms with van der Waals surface area (Å²) in [6.45, 7) is 7.02. The third-order valence-corrected chi connectivity index (χ3v) is 5.85. The molecule has 0 saturated carbocycles. The van der Waals surface area contributed by atoms with Crippen LogP contribution in [0.2, 0.25) is 0 Å². The van der Waals surface area contributed by atoms with Gasteiger partial charge >= 0.3 is 0 Å². The van der Waals surface area contributed by atoms with E-state index in [4.69, 9.17) is 4.99 Å². The van der Waals surface area contributed by atoms with Gasteiger partial charge in [-0.05, 0) is 59.9 Å². The summed E-state index contributed by atoms with van der Waals surface area (Å²) >= 11 is 5.22. The first-order valence-corrected chi connectivity index (χ1v) is 11.0. The van der Waals surface area contributed by atoms with E-state index in [1.807, 2.05) is 0 Å². The van der Waals surface area contributed by atoms with Crippen LogP contribution in [-0.4, -0.2) is 36.5 Å². The molecule has 3 rings (SSSR count). The fourth-order valence-electron chi connectivity index (χ4n) is 3.15. The van der Waals surface area contributed by atoms with E-state index in [9.17, 15) is 0 Å². The van der Waals surface area contributed by atoms with E-state index in [2.05, 4.69) is 79.5 Å². The summed E-state index contributed by atoms with van der Waals surface area (Å²) in [5.41, 5.74) is 2.65. The summed E-state index contributed by atoms with van der Waals surface area (Å²) in [6.07, 6.45) is 2.30. The maximum atomic E-state index is 4.73. The SMILES string of the molecule is CCNC(=NCc1ccsc1)NC1CCN(Cc2ccc(Br)cc2)CC1. The van der Waals surface area contributed by atoms with E-state index in [1.165, 1.54) is 11.1 Å². The minimum absolute atomic E-state index is 0.497. The van der Waals surface area contributed by atoms with Crippen molar-refractivity contribution >= 4 is 33.2 Å². The molecule has 0 spiro atoms. The lowest BCUT2D eigenvalue weighted by atomic mass is 10.0. The molecule has 6 heteroatoms. The molecule has 0 unspecified atom stereocenters. The van der Waals surface area contributed by atoms with Crippen LogP contribution >= 0.6 is 27.3 Å². The standard InChI is InChI=1S/C20H27BrN4S/c1-2-22-20(23-13-17-9-12-26-15-17)24-19-7-10-25(11-8-19)14-16-3-5-18(21)6-4-16/h3-6,9,12,15,19H,2,7-8,10-11,13-14H2,1H3,(H2,22,23,24). The predicted molar refractivity (Wildman–Crippen MR) is 115 cm³/mol. The van der Waals surface area contributed by atoms with Crippen LogP contribution in [0.5, 0.6) is 0 Å². The highest BCUT2D eigenvalue weighted by molar-refractivity contribution is 9.10. The van der Waals surface area contributed by atoms with Gasteiger partial charge in [0.2, 0.25) is 0 Å². The second-order valence-corrected chi connectivity index (χ2v) is 8.34. The molecule has 1 aliphatic rings. The number of piperidine rings is 1. The number of likely N-dealkylation sites (tertiary alicyclic amines) is 1. The van der Waals surface area contributed by atoms with Gasteiger partial charge in [0.05, 0.1) is 6.54 Å². The van der Waals surface area contributed by atoms with Gasteiger partial charge in [-0.15, -0.1) is 0 Å². The number of nitrogens with zero attached hydrogens (tertiary/aromatic N) is 2. The number of hydrogen-bond donors (Lipinski definition) is 2. The van der Waals surface area contributed by atoms with Gasteiger partial charge < -0.3 is 10.6 Å². The third kappa shape index (κ3) is 6.11. The average Bonchev–Trinajstić information content (AvgIpc) is 3.17. The lowest BCUT2D eigenvalue weighted by Crippen LogP contribution is -2.48. The van der Waals surface area contributed by atoms with Crippen LogP contribution in [-0.2, 0) is 13.1 Å². The summed E-state index contributed by atoms with van der Waals surface area (Å²) in [7, 11) is 0. The van der Waals surface area contributed by atoms with Crippen molar-refractivity contribution in [3.05, 3.63) is 56.7 Å². The lowest BCUT2D eigenvalue weighted by Gasteiger charge is -2.33. The topological polar surface area (TPSA) is 39.7 Å². The van der Waals surface area contributed by atoms with E-state index < -0.39 is 0 Å². The van der Waals surface area contributed by atoms with Crippen LogP contribution < -0.4 is 10.6 Å². The molecule has 1 aromatic heterocycles. The second kappa shape index (κ2) is 10.1. The largest absolute Gasteiger partial charge is 0.357 e. The minimum Gasteiger partial charge on any atom is -0.357 e. The summed E-state index contributed by atoms with van der Waals surface area (Å²) in [5.74, 6) is 0.935. The van der Waals surface area contributed by atoms with Crippen LogP contribution in [0.25, 0.3) is 0 Å². The number of benzene rings is 1. The molecule has 1 fully saturated rings. The molecular formula is C20H27BrN4S. The molecule has 4 nitrogen and oxygen atoms in total. The zero-order valence-corrected chi connectivity index (χ0v) is 17.7. The zero-order chi connectivity index (χ0) is 18.2. The van der Waals surface area contributed by atoms with E-state index in [1.54, 1.807) is 11.3 Å². The summed E-state index contributed by atoms with van der Waals surface area (Å²) in [5, 5.41) is 11.3. The third-order valence-electron chi connectivity index (χ3n) is 4.59. The highest BCUT2D eigenvalue weighted by Crippen LogP contribution is 2.16. The Morgan fingerprint density at radius 2 is 1.96 bits per heavy atom. The molecule has 0 radical (unpaired) electrons. The van der Waals surface area contributed by atoms with Gasteiger partial charge in [-0.1, -0.05) is 28.1 Å². The van der Waals surface area contributed by atoms with E-state index >= 15 is 0 Å². The Labute approximate surface area is 168 Å². The van der Waals surface area contributed by atoms with Crippen molar-refractivity contribution in [2.24, 2.45) is 4.99 Å². The molecule has 26 heavy (non-hydrogen) atoms. The van der Waals surface area contributed by atoms with Crippen LogP contribution in [0.1, 0.15) is 30.9 Å². The number of guanidine groups is 1. The summed E-state index contributed by atoms with van der Waals surface area (Å²) < 4.78 is 1.14. The highest BCUT2D eigenvalue weighted by Gasteiger charge is 2.20. The van der Waals surface area contributed by atoms with Crippen LogP contribution in [0.3, 0.4) is 0 Å². The van der Waals surface area contributed by atoms with Crippen molar-refractivity contribution in [1.82, 2.24) is 15.5 Å². The number of aliphatic imine (C=N–C) groups is 1. The highest BCUT2D eigenvalue weighted by atomic mass is 79.9. The molecule has 1 aliphatic heterocycles. The zero-order valence-electron chi connectivity index (χ0n) is 15.2. The lowest BCUT2D eigenvalue weighted by molar-refractivity contribution is 0.198.